The number of hydrogen-bond donors (Lipinski definition) is 0. The standard InChI is InChI=1S/C10H7BrFNO2/c11-10-13-8(6-15-10)5-14-9-3-1-2-7(12)4-9/h1-4,6H,5H2. The van der Waals surface area contributed by atoms with Gasteiger partial charge >= 0.3 is 0 Å². The summed E-state index contributed by atoms with van der Waals surface area (Å²) >= 11 is 3.08. The van der Waals surface area contributed by atoms with Gasteiger partial charge in [-0.25, -0.2) is 9.37 Å². The van der Waals surface area contributed by atoms with E-state index >= 15 is 0 Å². The number of rotatable bonds is 3. The quantitative estimate of drug-likeness (QED) is 0.860. The highest BCUT2D eigenvalue weighted by Crippen LogP contribution is 2.15. The number of nitrogens with zero attached hydrogens (tertiary/aromatic N) is 1. The van der Waals surface area contributed by atoms with E-state index in [0.717, 1.165) is 0 Å². The Kier molecular flexibility index (Phi) is 3.01. The first-order valence-corrected chi connectivity index (χ1v) is 5.01. The first-order valence-electron chi connectivity index (χ1n) is 4.22. The highest BCUT2D eigenvalue weighted by atomic mass is 79.9. The van der Waals surface area contributed by atoms with Crippen molar-refractivity contribution in [1.29, 1.82) is 0 Å². The van der Waals surface area contributed by atoms with Crippen molar-refractivity contribution >= 4 is 15.9 Å². The van der Waals surface area contributed by atoms with E-state index in [0.29, 0.717) is 16.2 Å². The predicted octanol–water partition coefficient (Wildman–Crippen LogP) is 3.16. The predicted molar refractivity (Wildman–Crippen MR) is 54.9 cm³/mol. The summed E-state index contributed by atoms with van der Waals surface area (Å²) in [6.45, 7) is 0.249. The van der Waals surface area contributed by atoms with Gasteiger partial charge in [0.2, 0.25) is 0 Å². The minimum atomic E-state index is -0.325. The molecular formula is C10H7BrFNO2. The van der Waals surface area contributed by atoms with Gasteiger partial charge in [-0.2, -0.15) is 0 Å². The van der Waals surface area contributed by atoms with E-state index in [4.69, 9.17) is 9.15 Å². The highest BCUT2D eigenvalue weighted by molar-refractivity contribution is 9.10. The summed E-state index contributed by atoms with van der Waals surface area (Å²) in [7, 11) is 0. The fourth-order valence-corrected chi connectivity index (χ4v) is 1.38. The van der Waals surface area contributed by atoms with Gasteiger partial charge < -0.3 is 9.15 Å². The highest BCUT2D eigenvalue weighted by Gasteiger charge is 2.02. The van der Waals surface area contributed by atoms with Crippen LogP contribution in [0.2, 0.25) is 0 Å². The third-order valence-corrected chi connectivity index (χ3v) is 2.07. The molecule has 3 nitrogen and oxygen atoms in total. The number of halogens is 2. The van der Waals surface area contributed by atoms with E-state index in [1.807, 2.05) is 0 Å². The Morgan fingerprint density at radius 1 is 1.47 bits per heavy atom. The van der Waals surface area contributed by atoms with Gasteiger partial charge in [-0.1, -0.05) is 6.07 Å². The summed E-state index contributed by atoms with van der Waals surface area (Å²) in [6.07, 6.45) is 1.48. The monoisotopic (exact) mass is 271 g/mol. The summed E-state index contributed by atoms with van der Waals surface area (Å²) in [5, 5.41) is 0. The van der Waals surface area contributed by atoms with Gasteiger partial charge in [0.25, 0.3) is 4.80 Å². The van der Waals surface area contributed by atoms with E-state index in [1.54, 1.807) is 12.1 Å². The first-order chi connectivity index (χ1) is 7.24. The lowest BCUT2D eigenvalue weighted by atomic mass is 10.3. The first kappa shape index (κ1) is 10.2. The van der Waals surface area contributed by atoms with Crippen LogP contribution in [0.1, 0.15) is 5.69 Å². The minimum Gasteiger partial charge on any atom is -0.487 e. The maximum Gasteiger partial charge on any atom is 0.264 e. The number of hydrogen-bond acceptors (Lipinski definition) is 3. The molecule has 0 saturated heterocycles. The van der Waals surface area contributed by atoms with Crippen molar-refractivity contribution in [2.75, 3.05) is 0 Å². The molecule has 0 aliphatic rings. The van der Waals surface area contributed by atoms with Gasteiger partial charge in [0.15, 0.2) is 0 Å². The molecule has 0 atom stereocenters. The van der Waals surface area contributed by atoms with E-state index in [-0.39, 0.29) is 12.4 Å². The van der Waals surface area contributed by atoms with Crippen molar-refractivity contribution in [2.24, 2.45) is 0 Å². The Morgan fingerprint density at radius 3 is 3.00 bits per heavy atom. The van der Waals surface area contributed by atoms with Crippen molar-refractivity contribution in [3.63, 3.8) is 0 Å². The number of aromatic nitrogens is 1. The van der Waals surface area contributed by atoms with Gasteiger partial charge in [0.1, 0.15) is 30.1 Å². The zero-order valence-corrected chi connectivity index (χ0v) is 9.20. The van der Waals surface area contributed by atoms with Gasteiger partial charge in [0.05, 0.1) is 0 Å². The number of benzene rings is 1. The zero-order valence-electron chi connectivity index (χ0n) is 7.61. The SMILES string of the molecule is Fc1cccc(OCc2coc(Br)n2)c1. The Labute approximate surface area is 94.0 Å². The van der Waals surface area contributed by atoms with E-state index in [1.165, 1.54) is 18.4 Å². The number of ether oxygens (including phenoxy) is 1. The molecule has 78 valence electrons. The molecule has 5 heteroatoms. The molecule has 1 aromatic carbocycles. The van der Waals surface area contributed by atoms with Crippen LogP contribution in [0.25, 0.3) is 0 Å². The third kappa shape index (κ3) is 2.79. The Hall–Kier alpha value is -1.36. The molecule has 0 amide bonds. The Balaban J connectivity index is 1.99. The lowest BCUT2D eigenvalue weighted by molar-refractivity contribution is 0.299. The molecule has 0 saturated carbocycles. The second kappa shape index (κ2) is 4.44. The topological polar surface area (TPSA) is 35.3 Å². The van der Waals surface area contributed by atoms with Gasteiger partial charge in [-0.05, 0) is 12.1 Å². The molecule has 1 aromatic heterocycles. The summed E-state index contributed by atoms with van der Waals surface area (Å²) in [5.74, 6) is 0.142. The van der Waals surface area contributed by atoms with Gasteiger partial charge in [-0.3, -0.25) is 0 Å². The second-order valence-electron chi connectivity index (χ2n) is 2.84. The molecule has 0 spiro atoms. The van der Waals surface area contributed by atoms with E-state index < -0.39 is 0 Å². The molecule has 0 bridgehead atoms. The van der Waals surface area contributed by atoms with Crippen LogP contribution in [0.15, 0.2) is 39.7 Å². The van der Waals surface area contributed by atoms with Crippen molar-refractivity contribution in [2.45, 2.75) is 6.61 Å². The number of oxazole rings is 1. The molecule has 0 aliphatic heterocycles. The smallest absolute Gasteiger partial charge is 0.264 e. The maximum atomic E-state index is 12.8. The largest absolute Gasteiger partial charge is 0.487 e. The zero-order chi connectivity index (χ0) is 10.7. The molecule has 15 heavy (non-hydrogen) atoms. The van der Waals surface area contributed by atoms with Crippen LogP contribution in [-0.2, 0) is 6.61 Å². The van der Waals surface area contributed by atoms with E-state index in [9.17, 15) is 4.39 Å². The lowest BCUT2D eigenvalue weighted by Crippen LogP contribution is -1.95. The molecule has 0 radical (unpaired) electrons. The molecule has 1 heterocycles. The van der Waals surface area contributed by atoms with Gasteiger partial charge in [-0.15, -0.1) is 0 Å². The second-order valence-corrected chi connectivity index (χ2v) is 3.52. The van der Waals surface area contributed by atoms with Crippen LogP contribution in [0.3, 0.4) is 0 Å². The molecule has 2 rings (SSSR count). The van der Waals surface area contributed by atoms with Crippen LogP contribution in [0, 0.1) is 5.82 Å². The fourth-order valence-electron chi connectivity index (χ4n) is 1.06. The summed E-state index contributed by atoms with van der Waals surface area (Å²) in [5.41, 5.74) is 0.645. The molecule has 2 aromatic rings. The minimum absolute atomic E-state index is 0.249. The Bertz CT molecular complexity index is 458. The molecule has 0 fully saturated rings. The average molecular weight is 272 g/mol. The normalized spacial score (nSPS) is 10.3. The lowest BCUT2D eigenvalue weighted by Gasteiger charge is -2.02. The van der Waals surface area contributed by atoms with Gasteiger partial charge in [0, 0.05) is 22.0 Å². The maximum absolute atomic E-state index is 12.8. The van der Waals surface area contributed by atoms with E-state index in [2.05, 4.69) is 20.9 Å². The molecule has 0 aliphatic carbocycles. The van der Waals surface area contributed by atoms with Crippen LogP contribution >= 0.6 is 15.9 Å². The fraction of sp³-hybridized carbons (Fsp3) is 0.100. The average Bonchev–Trinajstić information content (AvgIpc) is 2.62. The third-order valence-electron chi connectivity index (χ3n) is 1.71. The van der Waals surface area contributed by atoms with Crippen LogP contribution < -0.4 is 4.74 Å². The molecule has 0 unspecified atom stereocenters. The van der Waals surface area contributed by atoms with Crippen molar-refractivity contribution in [3.8, 4) is 5.75 Å². The summed E-state index contributed by atoms with van der Waals surface area (Å²) in [4.78, 5) is 4.38. The molecular weight excluding hydrogens is 265 g/mol. The van der Waals surface area contributed by atoms with Crippen LogP contribution in [-0.4, -0.2) is 4.98 Å². The van der Waals surface area contributed by atoms with Crippen molar-refractivity contribution in [1.82, 2.24) is 4.98 Å². The van der Waals surface area contributed by atoms with Crippen LogP contribution in [0.5, 0.6) is 5.75 Å². The Morgan fingerprint density at radius 2 is 2.33 bits per heavy atom. The summed E-state index contributed by atoms with van der Waals surface area (Å²) < 4.78 is 23.0. The van der Waals surface area contributed by atoms with Crippen LogP contribution in [0.4, 0.5) is 4.39 Å². The van der Waals surface area contributed by atoms with Crippen molar-refractivity contribution < 1.29 is 13.5 Å². The summed E-state index contributed by atoms with van der Waals surface area (Å²) in [6, 6.07) is 5.94. The van der Waals surface area contributed by atoms with Crippen molar-refractivity contribution in [3.05, 3.63) is 46.8 Å². The molecule has 0 N–H and O–H groups in total.